The van der Waals surface area contributed by atoms with E-state index in [1.807, 2.05) is 0 Å². The van der Waals surface area contributed by atoms with E-state index in [9.17, 15) is 12.8 Å². The van der Waals surface area contributed by atoms with Gasteiger partial charge in [0.05, 0.1) is 10.6 Å². The first kappa shape index (κ1) is 13.4. The zero-order valence-electron chi connectivity index (χ0n) is 9.71. The largest absolute Gasteiger partial charge is 0.382 e. The van der Waals surface area contributed by atoms with E-state index in [2.05, 4.69) is 20.0 Å². The van der Waals surface area contributed by atoms with E-state index >= 15 is 0 Å². The number of aromatic nitrogens is 2. The summed E-state index contributed by atoms with van der Waals surface area (Å²) in [4.78, 5) is 3.54. The molecule has 0 atom stereocenters. The Morgan fingerprint density at radius 3 is 2.79 bits per heavy atom. The third kappa shape index (κ3) is 3.48. The highest BCUT2D eigenvalue weighted by Crippen LogP contribution is 2.17. The van der Waals surface area contributed by atoms with Gasteiger partial charge in [-0.05, 0) is 18.2 Å². The molecule has 9 heteroatoms. The van der Waals surface area contributed by atoms with E-state index in [0.29, 0.717) is 18.8 Å². The lowest BCUT2D eigenvalue weighted by atomic mass is 10.3. The third-order valence-electron chi connectivity index (χ3n) is 2.34. The number of anilines is 1. The van der Waals surface area contributed by atoms with Crippen LogP contribution in [0.2, 0.25) is 0 Å². The smallest absolute Gasteiger partial charge is 0.238 e. The van der Waals surface area contributed by atoms with Gasteiger partial charge in [-0.1, -0.05) is 5.16 Å². The van der Waals surface area contributed by atoms with Crippen LogP contribution in [0.5, 0.6) is 0 Å². The molecule has 0 aliphatic rings. The summed E-state index contributed by atoms with van der Waals surface area (Å²) in [6, 6.07) is 3.41. The number of hydrogen-bond acceptors (Lipinski definition) is 6. The number of nitrogens with one attached hydrogen (secondary N) is 1. The Labute approximate surface area is 108 Å². The van der Waals surface area contributed by atoms with Crippen molar-refractivity contribution in [3.8, 4) is 0 Å². The topological polar surface area (TPSA) is 111 Å². The molecule has 0 saturated heterocycles. The van der Waals surface area contributed by atoms with Gasteiger partial charge >= 0.3 is 0 Å². The Kier molecular flexibility index (Phi) is 3.76. The van der Waals surface area contributed by atoms with Gasteiger partial charge in [0.1, 0.15) is 5.82 Å². The van der Waals surface area contributed by atoms with Gasteiger partial charge in [0, 0.05) is 13.0 Å². The van der Waals surface area contributed by atoms with Gasteiger partial charge in [0.2, 0.25) is 16.4 Å². The monoisotopic (exact) mass is 286 g/mol. The summed E-state index contributed by atoms with van der Waals surface area (Å²) in [5, 5.41) is 11.3. The molecule has 1 aromatic heterocycles. The van der Waals surface area contributed by atoms with Crippen molar-refractivity contribution in [2.24, 2.45) is 5.14 Å². The van der Waals surface area contributed by atoms with Gasteiger partial charge < -0.3 is 9.84 Å². The number of rotatable bonds is 5. The summed E-state index contributed by atoms with van der Waals surface area (Å²) in [6.07, 6.45) is 1.66. The summed E-state index contributed by atoms with van der Waals surface area (Å²) in [7, 11) is -3.90. The standard InChI is InChI=1S/C10H11FN4O3S/c11-8-5-7(19(12,16)17)1-2-9(8)13-4-3-10-14-6-18-15-10/h1-2,5-6,13H,3-4H2,(H2,12,16,17). The lowest BCUT2D eigenvalue weighted by Gasteiger charge is -2.07. The van der Waals surface area contributed by atoms with Crippen LogP contribution in [0.4, 0.5) is 10.1 Å². The van der Waals surface area contributed by atoms with E-state index in [-0.39, 0.29) is 10.6 Å². The number of nitrogens with zero attached hydrogens (tertiary/aromatic N) is 2. The zero-order chi connectivity index (χ0) is 13.9. The third-order valence-corrected chi connectivity index (χ3v) is 3.25. The van der Waals surface area contributed by atoms with Crippen LogP contribution in [0.25, 0.3) is 0 Å². The molecule has 0 spiro atoms. The number of hydrogen-bond donors (Lipinski definition) is 2. The van der Waals surface area contributed by atoms with E-state index in [1.165, 1.54) is 18.5 Å². The van der Waals surface area contributed by atoms with Crippen LogP contribution in [-0.4, -0.2) is 25.1 Å². The molecular formula is C10H11FN4O3S. The Bertz CT molecular complexity index is 657. The molecule has 0 radical (unpaired) electrons. The van der Waals surface area contributed by atoms with Gasteiger partial charge in [-0.3, -0.25) is 0 Å². The summed E-state index contributed by atoms with van der Waals surface area (Å²) in [5.74, 6) is -0.200. The molecule has 0 unspecified atom stereocenters. The number of primary sulfonamides is 1. The van der Waals surface area contributed by atoms with E-state index in [0.717, 1.165) is 6.07 Å². The van der Waals surface area contributed by atoms with Crippen LogP contribution in [-0.2, 0) is 16.4 Å². The molecule has 0 bridgehead atoms. The fraction of sp³-hybridized carbons (Fsp3) is 0.200. The van der Waals surface area contributed by atoms with Gasteiger partial charge in [-0.15, -0.1) is 0 Å². The molecule has 0 aliphatic heterocycles. The molecule has 2 rings (SSSR count). The predicted octanol–water partition coefficient (Wildman–Crippen LogP) is 0.511. The summed E-state index contributed by atoms with van der Waals surface area (Å²) < 4.78 is 40.2. The number of sulfonamides is 1. The highest BCUT2D eigenvalue weighted by Gasteiger charge is 2.11. The minimum absolute atomic E-state index is 0.177. The van der Waals surface area contributed by atoms with Crippen molar-refractivity contribution < 1.29 is 17.3 Å². The highest BCUT2D eigenvalue weighted by molar-refractivity contribution is 7.89. The minimum atomic E-state index is -3.90. The average molecular weight is 286 g/mol. The van der Waals surface area contributed by atoms with Gasteiger partial charge in [-0.2, -0.15) is 4.98 Å². The van der Waals surface area contributed by atoms with Crippen molar-refractivity contribution in [3.63, 3.8) is 0 Å². The second-order valence-electron chi connectivity index (χ2n) is 3.71. The van der Waals surface area contributed by atoms with E-state index < -0.39 is 15.8 Å². The zero-order valence-corrected chi connectivity index (χ0v) is 10.5. The van der Waals surface area contributed by atoms with Crippen LogP contribution in [0.1, 0.15) is 5.82 Å². The molecule has 7 nitrogen and oxygen atoms in total. The number of benzene rings is 1. The second kappa shape index (κ2) is 5.33. The molecule has 0 aliphatic carbocycles. The first-order valence-corrected chi connectivity index (χ1v) is 6.83. The molecule has 0 fully saturated rings. The molecule has 1 heterocycles. The van der Waals surface area contributed by atoms with Crippen LogP contribution >= 0.6 is 0 Å². The molecule has 2 aromatic rings. The Hall–Kier alpha value is -2.00. The molecule has 19 heavy (non-hydrogen) atoms. The Morgan fingerprint density at radius 1 is 1.42 bits per heavy atom. The van der Waals surface area contributed by atoms with E-state index in [1.54, 1.807) is 0 Å². The first-order chi connectivity index (χ1) is 8.97. The van der Waals surface area contributed by atoms with Gasteiger partial charge in [0.15, 0.2) is 5.82 Å². The number of halogens is 1. The normalized spacial score (nSPS) is 11.5. The lowest BCUT2D eigenvalue weighted by molar-refractivity contribution is 0.410. The average Bonchev–Trinajstić information content (AvgIpc) is 2.83. The maximum absolute atomic E-state index is 13.6. The molecule has 0 saturated carbocycles. The van der Waals surface area contributed by atoms with Crippen LogP contribution in [0, 0.1) is 5.82 Å². The molecule has 1 aromatic carbocycles. The maximum Gasteiger partial charge on any atom is 0.238 e. The quantitative estimate of drug-likeness (QED) is 0.828. The molecule has 102 valence electrons. The lowest BCUT2D eigenvalue weighted by Crippen LogP contribution is -2.13. The van der Waals surface area contributed by atoms with Crippen molar-refractivity contribution in [2.75, 3.05) is 11.9 Å². The summed E-state index contributed by atoms with van der Waals surface area (Å²) >= 11 is 0. The molecule has 3 N–H and O–H groups in total. The summed E-state index contributed by atoms with van der Waals surface area (Å²) in [6.45, 7) is 0.380. The minimum Gasteiger partial charge on any atom is -0.382 e. The van der Waals surface area contributed by atoms with Crippen molar-refractivity contribution in [3.05, 3.63) is 36.2 Å². The van der Waals surface area contributed by atoms with Gasteiger partial charge in [-0.25, -0.2) is 17.9 Å². The second-order valence-corrected chi connectivity index (χ2v) is 5.27. The Balaban J connectivity index is 2.01. The maximum atomic E-state index is 13.6. The predicted molar refractivity (Wildman–Crippen MR) is 64.3 cm³/mol. The van der Waals surface area contributed by atoms with Crippen LogP contribution in [0.3, 0.4) is 0 Å². The van der Waals surface area contributed by atoms with E-state index in [4.69, 9.17) is 5.14 Å². The SMILES string of the molecule is NS(=O)(=O)c1ccc(NCCc2ncon2)c(F)c1. The highest BCUT2D eigenvalue weighted by atomic mass is 32.2. The first-order valence-electron chi connectivity index (χ1n) is 5.28. The van der Waals surface area contributed by atoms with Crippen LogP contribution in [0.15, 0.2) is 34.0 Å². The number of nitrogens with two attached hydrogens (primary N) is 1. The van der Waals surface area contributed by atoms with Crippen LogP contribution < -0.4 is 10.5 Å². The molecule has 0 amide bonds. The van der Waals surface area contributed by atoms with Crippen molar-refractivity contribution in [2.45, 2.75) is 11.3 Å². The fourth-order valence-corrected chi connectivity index (χ4v) is 1.95. The van der Waals surface area contributed by atoms with Gasteiger partial charge in [0.25, 0.3) is 0 Å². The fourth-order valence-electron chi connectivity index (χ4n) is 1.43. The summed E-state index contributed by atoms with van der Waals surface area (Å²) in [5.41, 5.74) is 0.177. The Morgan fingerprint density at radius 2 is 2.21 bits per heavy atom. The van der Waals surface area contributed by atoms with Crippen molar-refractivity contribution in [1.29, 1.82) is 0 Å². The van der Waals surface area contributed by atoms with Crippen molar-refractivity contribution in [1.82, 2.24) is 10.1 Å². The molecular weight excluding hydrogens is 275 g/mol. The van der Waals surface area contributed by atoms with Crippen molar-refractivity contribution >= 4 is 15.7 Å².